The fourth-order valence-corrected chi connectivity index (χ4v) is 3.53. The van der Waals surface area contributed by atoms with E-state index in [2.05, 4.69) is 20.8 Å². The fraction of sp³-hybridized carbons (Fsp3) is 0.524. The second-order valence-corrected chi connectivity index (χ2v) is 8.58. The first-order chi connectivity index (χ1) is 14.2. The van der Waals surface area contributed by atoms with Crippen LogP contribution in [-0.4, -0.2) is 39.5 Å². The SMILES string of the molecule is CC(C)(C)c1noc([C@@H]2CC(NC(=O)O)CC[C@@H]2NC(=O)OCc2ccccc2)n1. The molecule has 1 unspecified atom stereocenters. The lowest BCUT2D eigenvalue weighted by molar-refractivity contribution is 0.126. The molecule has 1 aromatic heterocycles. The van der Waals surface area contributed by atoms with E-state index in [1.54, 1.807) is 0 Å². The monoisotopic (exact) mass is 416 g/mol. The third kappa shape index (κ3) is 5.71. The number of benzene rings is 1. The summed E-state index contributed by atoms with van der Waals surface area (Å²) in [5.41, 5.74) is 0.609. The Kier molecular flexibility index (Phi) is 6.59. The summed E-state index contributed by atoms with van der Waals surface area (Å²) in [6, 6.07) is 8.87. The summed E-state index contributed by atoms with van der Waals surface area (Å²) in [5.74, 6) is 0.643. The van der Waals surface area contributed by atoms with Crippen molar-refractivity contribution in [2.75, 3.05) is 0 Å². The number of rotatable bonds is 5. The molecule has 3 N–H and O–H groups in total. The minimum atomic E-state index is -1.08. The Balaban J connectivity index is 1.69. The zero-order valence-corrected chi connectivity index (χ0v) is 17.4. The van der Waals surface area contributed by atoms with Gasteiger partial charge in [-0.15, -0.1) is 0 Å². The van der Waals surface area contributed by atoms with E-state index in [0.717, 1.165) is 5.56 Å². The van der Waals surface area contributed by atoms with E-state index < -0.39 is 12.2 Å². The third-order valence-electron chi connectivity index (χ3n) is 5.12. The molecule has 9 heteroatoms. The lowest BCUT2D eigenvalue weighted by Gasteiger charge is -2.34. The third-order valence-corrected chi connectivity index (χ3v) is 5.12. The number of carboxylic acid groups (broad SMARTS) is 1. The highest BCUT2D eigenvalue weighted by atomic mass is 16.5. The zero-order chi connectivity index (χ0) is 21.7. The summed E-state index contributed by atoms with van der Waals surface area (Å²) in [6.45, 7) is 6.11. The molecule has 1 saturated carbocycles. The summed E-state index contributed by atoms with van der Waals surface area (Å²) in [6.07, 6.45) is -0.0140. The van der Waals surface area contributed by atoms with Gasteiger partial charge in [-0.25, -0.2) is 9.59 Å². The maximum atomic E-state index is 12.4. The van der Waals surface area contributed by atoms with Crippen LogP contribution in [0.15, 0.2) is 34.9 Å². The van der Waals surface area contributed by atoms with Crippen LogP contribution in [0.2, 0.25) is 0 Å². The van der Waals surface area contributed by atoms with Crippen molar-refractivity contribution in [1.29, 1.82) is 0 Å². The normalized spacial score (nSPS) is 21.6. The lowest BCUT2D eigenvalue weighted by atomic mass is 9.81. The summed E-state index contributed by atoms with van der Waals surface area (Å²) in [5, 5.41) is 18.6. The molecule has 2 aromatic rings. The van der Waals surface area contributed by atoms with Gasteiger partial charge in [-0.2, -0.15) is 4.98 Å². The van der Waals surface area contributed by atoms with Gasteiger partial charge in [-0.1, -0.05) is 56.3 Å². The number of alkyl carbamates (subject to hydrolysis) is 1. The minimum absolute atomic E-state index is 0.169. The van der Waals surface area contributed by atoms with Crippen molar-refractivity contribution in [1.82, 2.24) is 20.8 Å². The van der Waals surface area contributed by atoms with Crippen molar-refractivity contribution in [3.8, 4) is 0 Å². The highest BCUT2D eigenvalue weighted by Crippen LogP contribution is 2.34. The van der Waals surface area contributed by atoms with E-state index in [1.165, 1.54) is 0 Å². The standard InChI is InChI=1S/C21H28N4O5/c1-21(2,3)18-24-17(30-25-18)15-11-14(22-19(26)27)9-10-16(15)23-20(28)29-12-13-7-5-4-6-8-13/h4-8,14-16,22H,9-12H2,1-3H3,(H,23,28)(H,26,27)/t14?,15-,16+/m1/s1. The topological polar surface area (TPSA) is 127 Å². The molecule has 30 heavy (non-hydrogen) atoms. The van der Waals surface area contributed by atoms with E-state index in [9.17, 15) is 9.59 Å². The molecule has 3 atom stereocenters. The van der Waals surface area contributed by atoms with Gasteiger partial charge in [-0.3, -0.25) is 0 Å². The van der Waals surface area contributed by atoms with Gasteiger partial charge in [0.1, 0.15) is 6.61 Å². The van der Waals surface area contributed by atoms with E-state index in [4.69, 9.17) is 14.4 Å². The highest BCUT2D eigenvalue weighted by molar-refractivity contribution is 5.68. The first-order valence-electron chi connectivity index (χ1n) is 10.0. The average Bonchev–Trinajstić information content (AvgIpc) is 3.18. The second-order valence-electron chi connectivity index (χ2n) is 8.58. The number of hydrogen-bond acceptors (Lipinski definition) is 6. The van der Waals surface area contributed by atoms with E-state index in [1.807, 2.05) is 51.1 Å². The van der Waals surface area contributed by atoms with E-state index in [0.29, 0.717) is 31.0 Å². The maximum Gasteiger partial charge on any atom is 0.407 e. The van der Waals surface area contributed by atoms with Gasteiger partial charge in [0.25, 0.3) is 0 Å². The summed E-state index contributed by atoms with van der Waals surface area (Å²) >= 11 is 0. The van der Waals surface area contributed by atoms with Gasteiger partial charge in [-0.05, 0) is 24.8 Å². The molecule has 0 saturated heterocycles. The van der Waals surface area contributed by atoms with Gasteiger partial charge in [0.2, 0.25) is 5.89 Å². The second kappa shape index (κ2) is 9.15. The molecule has 9 nitrogen and oxygen atoms in total. The lowest BCUT2D eigenvalue weighted by Crippen LogP contribution is -2.47. The van der Waals surface area contributed by atoms with Crippen molar-refractivity contribution in [2.24, 2.45) is 0 Å². The van der Waals surface area contributed by atoms with Crippen LogP contribution in [0.5, 0.6) is 0 Å². The Hall–Kier alpha value is -3.10. The van der Waals surface area contributed by atoms with Gasteiger partial charge >= 0.3 is 12.2 Å². The molecule has 0 spiro atoms. The Morgan fingerprint density at radius 2 is 1.93 bits per heavy atom. The molecular weight excluding hydrogens is 388 g/mol. The molecule has 1 aliphatic rings. The molecule has 0 bridgehead atoms. The molecule has 0 radical (unpaired) electrons. The van der Waals surface area contributed by atoms with Gasteiger partial charge in [0, 0.05) is 17.5 Å². The Bertz CT molecular complexity index is 862. The molecule has 1 heterocycles. The van der Waals surface area contributed by atoms with Gasteiger partial charge < -0.3 is 25.0 Å². The van der Waals surface area contributed by atoms with E-state index in [-0.39, 0.29) is 30.0 Å². The zero-order valence-electron chi connectivity index (χ0n) is 17.4. The number of amides is 2. The predicted octanol–water partition coefficient (Wildman–Crippen LogP) is 3.57. The fourth-order valence-electron chi connectivity index (χ4n) is 3.53. The maximum absolute atomic E-state index is 12.4. The van der Waals surface area contributed by atoms with Crippen LogP contribution < -0.4 is 10.6 Å². The molecule has 3 rings (SSSR count). The Labute approximate surface area is 175 Å². The molecule has 1 aliphatic carbocycles. The van der Waals surface area contributed by atoms with Gasteiger partial charge in [0.15, 0.2) is 5.82 Å². The van der Waals surface area contributed by atoms with Crippen molar-refractivity contribution in [3.05, 3.63) is 47.6 Å². The summed E-state index contributed by atoms with van der Waals surface area (Å²) < 4.78 is 10.8. The molecule has 162 valence electrons. The van der Waals surface area contributed by atoms with E-state index >= 15 is 0 Å². The molecule has 0 aliphatic heterocycles. The number of nitrogens with one attached hydrogen (secondary N) is 2. The minimum Gasteiger partial charge on any atom is -0.465 e. The number of carbonyl (C=O) groups is 2. The van der Waals surface area contributed by atoms with Crippen LogP contribution in [0, 0.1) is 0 Å². The van der Waals surface area contributed by atoms with Crippen molar-refractivity contribution >= 4 is 12.2 Å². The average molecular weight is 416 g/mol. The smallest absolute Gasteiger partial charge is 0.407 e. The van der Waals surface area contributed by atoms with Crippen LogP contribution in [0.4, 0.5) is 9.59 Å². The van der Waals surface area contributed by atoms with Crippen LogP contribution >= 0.6 is 0 Å². The number of carbonyl (C=O) groups excluding carboxylic acids is 1. The Morgan fingerprint density at radius 3 is 2.57 bits per heavy atom. The largest absolute Gasteiger partial charge is 0.465 e. The number of ether oxygens (including phenoxy) is 1. The predicted molar refractivity (Wildman–Crippen MR) is 108 cm³/mol. The van der Waals surface area contributed by atoms with Crippen molar-refractivity contribution in [2.45, 2.75) is 70.1 Å². The van der Waals surface area contributed by atoms with Crippen molar-refractivity contribution < 1.29 is 24.0 Å². The number of nitrogens with zero attached hydrogens (tertiary/aromatic N) is 2. The van der Waals surface area contributed by atoms with Crippen LogP contribution in [0.1, 0.15) is 63.2 Å². The van der Waals surface area contributed by atoms with Gasteiger partial charge in [0.05, 0.1) is 5.92 Å². The first-order valence-corrected chi connectivity index (χ1v) is 10.0. The number of hydrogen-bond donors (Lipinski definition) is 3. The summed E-state index contributed by atoms with van der Waals surface area (Å²) in [7, 11) is 0. The first kappa shape index (κ1) is 21.6. The van der Waals surface area contributed by atoms with Crippen molar-refractivity contribution in [3.63, 3.8) is 0 Å². The highest BCUT2D eigenvalue weighted by Gasteiger charge is 2.37. The quantitative estimate of drug-likeness (QED) is 0.680. The molecular formula is C21H28N4O5. The van der Waals surface area contributed by atoms with Crippen LogP contribution in [0.25, 0.3) is 0 Å². The van der Waals surface area contributed by atoms with Crippen LogP contribution in [-0.2, 0) is 16.8 Å². The van der Waals surface area contributed by atoms with Crippen LogP contribution in [0.3, 0.4) is 0 Å². The Morgan fingerprint density at radius 1 is 1.20 bits per heavy atom. The molecule has 1 fully saturated rings. The summed E-state index contributed by atoms with van der Waals surface area (Å²) in [4.78, 5) is 28.0. The number of aromatic nitrogens is 2. The molecule has 2 amide bonds. The molecule has 1 aromatic carbocycles.